The molecule has 3 aromatic rings. The molecule has 6 heteroatoms. The second-order valence-electron chi connectivity index (χ2n) is 5.80. The molecule has 4 rings (SSSR count). The number of ether oxygens (including phenoxy) is 1. The maximum Gasteiger partial charge on any atom is 0.231 e. The van der Waals surface area contributed by atoms with Gasteiger partial charge in [0.15, 0.2) is 0 Å². The first-order valence-electron chi connectivity index (χ1n) is 7.96. The van der Waals surface area contributed by atoms with Gasteiger partial charge in [0.05, 0.1) is 18.7 Å². The molecular weight excluding hydrogens is 322 g/mol. The van der Waals surface area contributed by atoms with Gasteiger partial charge >= 0.3 is 0 Å². The number of benzene rings is 1. The fraction of sp³-hybridized carbons (Fsp3) is 0.278. The zero-order valence-corrected chi connectivity index (χ0v) is 14.2. The number of fused-ring (bicyclic) bond motifs is 3. The van der Waals surface area contributed by atoms with E-state index in [2.05, 4.69) is 10.1 Å². The van der Waals surface area contributed by atoms with E-state index in [1.54, 1.807) is 24.3 Å². The molecule has 0 saturated heterocycles. The molecule has 1 aromatic carbocycles. The third kappa shape index (κ3) is 2.63. The molecule has 2 heterocycles. The Kier molecular flexibility index (Phi) is 3.90. The zero-order valence-electron chi connectivity index (χ0n) is 13.4. The minimum Gasteiger partial charge on any atom is -0.497 e. The highest BCUT2D eigenvalue weighted by Crippen LogP contribution is 2.31. The largest absolute Gasteiger partial charge is 0.497 e. The number of furan rings is 1. The summed E-state index contributed by atoms with van der Waals surface area (Å²) in [7, 11) is 1.65. The molecule has 0 spiro atoms. The van der Waals surface area contributed by atoms with Gasteiger partial charge in [-0.05, 0) is 49.1 Å². The van der Waals surface area contributed by atoms with Crippen LogP contribution >= 0.6 is 12.2 Å². The molecule has 1 aliphatic carbocycles. The van der Waals surface area contributed by atoms with Crippen LogP contribution in [0.3, 0.4) is 0 Å². The van der Waals surface area contributed by atoms with E-state index < -0.39 is 0 Å². The average molecular weight is 339 g/mol. The van der Waals surface area contributed by atoms with E-state index in [4.69, 9.17) is 21.4 Å². The predicted octanol–water partition coefficient (Wildman–Crippen LogP) is 4.13. The summed E-state index contributed by atoms with van der Waals surface area (Å²) in [6, 6.07) is 7.68. The monoisotopic (exact) mass is 339 g/mol. The predicted molar refractivity (Wildman–Crippen MR) is 95.5 cm³/mol. The van der Waals surface area contributed by atoms with Crippen molar-refractivity contribution < 1.29 is 9.15 Å². The van der Waals surface area contributed by atoms with Crippen molar-refractivity contribution in [1.29, 1.82) is 0 Å². The summed E-state index contributed by atoms with van der Waals surface area (Å²) in [6.07, 6.45) is 7.67. The van der Waals surface area contributed by atoms with Gasteiger partial charge in [-0.3, -0.25) is 0 Å². The molecule has 0 fully saturated rings. The highest BCUT2D eigenvalue weighted by molar-refractivity contribution is 7.71. The number of nitrogens with zero attached hydrogens (tertiary/aromatic N) is 3. The Bertz CT molecular complexity index is 970. The molecule has 122 valence electrons. The maximum absolute atomic E-state index is 5.86. The quantitative estimate of drug-likeness (QED) is 0.532. The lowest BCUT2D eigenvalue weighted by Gasteiger charge is -2.08. The summed E-state index contributed by atoms with van der Waals surface area (Å²) in [6.45, 7) is 0. The minimum atomic E-state index is 0.628. The molecule has 0 bridgehead atoms. The van der Waals surface area contributed by atoms with Crippen molar-refractivity contribution in [1.82, 2.24) is 9.66 Å². The van der Waals surface area contributed by atoms with E-state index in [9.17, 15) is 0 Å². The molecule has 0 aliphatic heterocycles. The van der Waals surface area contributed by atoms with Gasteiger partial charge in [0.1, 0.15) is 22.5 Å². The number of aromatic nitrogens is 2. The van der Waals surface area contributed by atoms with Gasteiger partial charge in [0.2, 0.25) is 5.71 Å². The first kappa shape index (κ1) is 15.1. The topological polar surface area (TPSA) is 52.5 Å². The Labute approximate surface area is 144 Å². The fourth-order valence-electron chi connectivity index (χ4n) is 3.04. The molecule has 0 unspecified atom stereocenters. The summed E-state index contributed by atoms with van der Waals surface area (Å²) < 4.78 is 13.3. The molecule has 0 amide bonds. The van der Waals surface area contributed by atoms with E-state index >= 15 is 0 Å². The van der Waals surface area contributed by atoms with Crippen LogP contribution < -0.4 is 4.74 Å². The Hall–Kier alpha value is -2.47. The van der Waals surface area contributed by atoms with Crippen LogP contribution in [-0.2, 0) is 12.8 Å². The second-order valence-corrected chi connectivity index (χ2v) is 6.19. The van der Waals surface area contributed by atoms with Crippen LogP contribution in [0.2, 0.25) is 0 Å². The lowest BCUT2D eigenvalue weighted by atomic mass is 9.97. The van der Waals surface area contributed by atoms with Crippen molar-refractivity contribution in [3.05, 3.63) is 52.1 Å². The molecule has 5 nitrogen and oxygen atoms in total. The van der Waals surface area contributed by atoms with Crippen molar-refractivity contribution in [3.8, 4) is 5.75 Å². The Balaban J connectivity index is 1.72. The minimum absolute atomic E-state index is 0.628. The standard InChI is InChI=1S/C18H17N3O2S/c1-22-13-8-6-12(7-9-13)10-20-21-11-19-17-16(18(21)24)14-4-2-3-5-15(14)23-17/h6-11H,2-5H2,1H3. The van der Waals surface area contributed by atoms with Crippen LogP contribution in [-0.4, -0.2) is 23.0 Å². The number of hydrogen-bond donors (Lipinski definition) is 0. The van der Waals surface area contributed by atoms with Crippen LogP contribution in [0.25, 0.3) is 11.1 Å². The highest BCUT2D eigenvalue weighted by atomic mass is 32.1. The average Bonchev–Trinajstić information content (AvgIpc) is 3.01. The fourth-order valence-corrected chi connectivity index (χ4v) is 3.34. The van der Waals surface area contributed by atoms with E-state index in [0.29, 0.717) is 10.4 Å². The van der Waals surface area contributed by atoms with Crippen molar-refractivity contribution in [2.75, 3.05) is 7.11 Å². The smallest absolute Gasteiger partial charge is 0.231 e. The Morgan fingerprint density at radius 3 is 2.83 bits per heavy atom. The zero-order chi connectivity index (χ0) is 16.5. The van der Waals surface area contributed by atoms with Gasteiger partial charge in [-0.2, -0.15) is 5.10 Å². The van der Waals surface area contributed by atoms with Crippen molar-refractivity contribution in [3.63, 3.8) is 0 Å². The van der Waals surface area contributed by atoms with E-state index in [0.717, 1.165) is 41.7 Å². The summed E-state index contributed by atoms with van der Waals surface area (Å²) >= 11 is 5.62. The molecule has 2 aromatic heterocycles. The summed E-state index contributed by atoms with van der Waals surface area (Å²) in [5, 5.41) is 5.39. The molecule has 24 heavy (non-hydrogen) atoms. The number of methoxy groups -OCH3 is 1. The third-order valence-corrected chi connectivity index (χ3v) is 4.70. The number of aryl methyl sites for hydroxylation is 2. The van der Waals surface area contributed by atoms with Crippen LogP contribution in [0.15, 0.2) is 40.1 Å². The Morgan fingerprint density at radius 2 is 2.04 bits per heavy atom. The van der Waals surface area contributed by atoms with E-state index in [1.807, 2.05) is 24.3 Å². The van der Waals surface area contributed by atoms with Gasteiger partial charge in [0, 0.05) is 12.0 Å². The SMILES string of the molecule is COc1ccc(C=Nn2cnc3oc4c(c3c2=S)CCCC4)cc1. The lowest BCUT2D eigenvalue weighted by Crippen LogP contribution is -2.00. The summed E-state index contributed by atoms with van der Waals surface area (Å²) in [5.41, 5.74) is 2.80. The molecular formula is C18H17N3O2S. The van der Waals surface area contributed by atoms with Crippen molar-refractivity contribution >= 4 is 29.5 Å². The lowest BCUT2D eigenvalue weighted by molar-refractivity contribution is 0.415. The van der Waals surface area contributed by atoms with Gasteiger partial charge < -0.3 is 9.15 Å². The normalized spacial score (nSPS) is 14.2. The summed E-state index contributed by atoms with van der Waals surface area (Å²) in [4.78, 5) is 4.38. The van der Waals surface area contributed by atoms with Gasteiger partial charge in [0.25, 0.3) is 0 Å². The first-order valence-corrected chi connectivity index (χ1v) is 8.37. The number of rotatable bonds is 3. The molecule has 0 saturated carbocycles. The third-order valence-electron chi connectivity index (χ3n) is 4.31. The van der Waals surface area contributed by atoms with Crippen LogP contribution in [0, 0.1) is 4.64 Å². The van der Waals surface area contributed by atoms with Crippen LogP contribution in [0.5, 0.6) is 5.75 Å². The van der Waals surface area contributed by atoms with Gasteiger partial charge in [-0.15, -0.1) is 0 Å². The Morgan fingerprint density at radius 1 is 1.25 bits per heavy atom. The van der Waals surface area contributed by atoms with Gasteiger partial charge in [-0.25, -0.2) is 9.66 Å². The first-order chi connectivity index (χ1) is 11.8. The molecule has 1 aliphatic rings. The van der Waals surface area contributed by atoms with E-state index in [1.165, 1.54) is 12.0 Å². The van der Waals surface area contributed by atoms with E-state index in [-0.39, 0.29) is 0 Å². The number of hydrogen-bond acceptors (Lipinski definition) is 5. The highest BCUT2D eigenvalue weighted by Gasteiger charge is 2.20. The van der Waals surface area contributed by atoms with Crippen LogP contribution in [0.4, 0.5) is 0 Å². The van der Waals surface area contributed by atoms with Crippen molar-refractivity contribution in [2.45, 2.75) is 25.7 Å². The second kappa shape index (κ2) is 6.20. The van der Waals surface area contributed by atoms with Crippen molar-refractivity contribution in [2.24, 2.45) is 5.10 Å². The van der Waals surface area contributed by atoms with Crippen LogP contribution in [0.1, 0.15) is 29.7 Å². The van der Waals surface area contributed by atoms with Gasteiger partial charge in [-0.1, -0.05) is 12.2 Å². The molecule has 0 atom stereocenters. The summed E-state index contributed by atoms with van der Waals surface area (Å²) in [5.74, 6) is 1.85. The maximum atomic E-state index is 5.86. The molecule has 0 radical (unpaired) electrons. The molecule has 0 N–H and O–H groups in total.